The average Bonchev–Trinajstić information content (AvgIpc) is 2.26. The number of aliphatic hydroxyl groups excluding tert-OH is 1. The Hall–Kier alpha value is -1.84. The van der Waals surface area contributed by atoms with Gasteiger partial charge in [0.05, 0.1) is 18.4 Å². The summed E-state index contributed by atoms with van der Waals surface area (Å²) >= 11 is 0. The fraction of sp³-hybridized carbons (Fsp3) is 0.250. The fourth-order valence-corrected chi connectivity index (χ4v) is 1.26. The molecule has 0 radical (unpaired) electrons. The highest BCUT2D eigenvalue weighted by Crippen LogP contribution is 2.10. The molecule has 1 aromatic carbocycles. The van der Waals surface area contributed by atoms with Crippen LogP contribution in [-0.2, 0) is 16.0 Å². The predicted molar refractivity (Wildman–Crippen MR) is 57.4 cm³/mol. The first-order valence-electron chi connectivity index (χ1n) is 4.92. The summed E-state index contributed by atoms with van der Waals surface area (Å²) in [6, 6.07) is 5.84. The van der Waals surface area contributed by atoms with Gasteiger partial charge in [-0.05, 0) is 24.6 Å². The molecule has 0 amide bonds. The van der Waals surface area contributed by atoms with Crippen LogP contribution in [0, 0.1) is 5.82 Å². The highest BCUT2D eigenvalue weighted by atomic mass is 19.1. The van der Waals surface area contributed by atoms with Crippen molar-refractivity contribution in [2.75, 3.05) is 6.61 Å². The maximum absolute atomic E-state index is 12.9. The van der Waals surface area contributed by atoms with E-state index in [2.05, 4.69) is 0 Å². The van der Waals surface area contributed by atoms with E-state index in [1.165, 1.54) is 12.1 Å². The zero-order valence-electron chi connectivity index (χ0n) is 8.94. The summed E-state index contributed by atoms with van der Waals surface area (Å²) in [5, 5.41) is 8.90. The van der Waals surface area contributed by atoms with Crippen LogP contribution >= 0.6 is 0 Å². The van der Waals surface area contributed by atoms with Gasteiger partial charge in [-0.1, -0.05) is 12.1 Å². The molecule has 0 saturated heterocycles. The molecular weight excluding hydrogens is 211 g/mol. The summed E-state index contributed by atoms with van der Waals surface area (Å²) in [5.41, 5.74) is 0.709. The molecule has 0 fully saturated rings. The molecular formula is C12H13FO3. The third-order valence-corrected chi connectivity index (χ3v) is 1.98. The van der Waals surface area contributed by atoms with Crippen molar-refractivity contribution in [1.29, 1.82) is 0 Å². The Morgan fingerprint density at radius 1 is 1.56 bits per heavy atom. The average molecular weight is 224 g/mol. The van der Waals surface area contributed by atoms with Crippen LogP contribution in [0.4, 0.5) is 4.39 Å². The molecule has 3 nitrogen and oxygen atoms in total. The van der Waals surface area contributed by atoms with Crippen LogP contribution in [0.1, 0.15) is 12.5 Å². The van der Waals surface area contributed by atoms with E-state index >= 15 is 0 Å². The van der Waals surface area contributed by atoms with E-state index in [0.29, 0.717) is 11.8 Å². The third-order valence-electron chi connectivity index (χ3n) is 1.98. The highest BCUT2D eigenvalue weighted by Gasteiger charge is 2.11. The van der Waals surface area contributed by atoms with Crippen LogP contribution in [0.3, 0.4) is 0 Å². The van der Waals surface area contributed by atoms with Gasteiger partial charge in [-0.25, -0.2) is 9.18 Å². The van der Waals surface area contributed by atoms with Crippen LogP contribution in [0.5, 0.6) is 0 Å². The lowest BCUT2D eigenvalue weighted by Gasteiger charge is -2.05. The van der Waals surface area contributed by atoms with Gasteiger partial charge in [0.2, 0.25) is 0 Å². The number of hydrogen-bond acceptors (Lipinski definition) is 3. The van der Waals surface area contributed by atoms with E-state index in [0.717, 1.165) is 0 Å². The van der Waals surface area contributed by atoms with E-state index in [4.69, 9.17) is 9.84 Å². The minimum absolute atomic E-state index is 0.104. The molecule has 1 aromatic rings. The number of ether oxygens (including phenoxy) is 1. The molecule has 0 aliphatic rings. The number of rotatable bonds is 4. The molecule has 1 N–H and O–H groups in total. The molecule has 0 heterocycles. The normalized spacial score (nSPS) is 11.2. The molecule has 0 aliphatic heterocycles. The minimum Gasteiger partial charge on any atom is -0.515 e. The summed E-state index contributed by atoms with van der Waals surface area (Å²) < 4.78 is 17.6. The zero-order chi connectivity index (χ0) is 12.0. The standard InChI is InChI=1S/C12H13FO3/c1-2-16-12(15)10(8-14)6-9-4-3-5-11(13)7-9/h3-5,7-8,14H,2,6H2,1H3/b10-8+. The van der Waals surface area contributed by atoms with E-state index < -0.39 is 5.97 Å². The van der Waals surface area contributed by atoms with Crippen LogP contribution in [0.25, 0.3) is 0 Å². The van der Waals surface area contributed by atoms with Gasteiger partial charge in [0.15, 0.2) is 0 Å². The van der Waals surface area contributed by atoms with Crippen molar-refractivity contribution in [3.8, 4) is 0 Å². The van der Waals surface area contributed by atoms with Gasteiger partial charge in [0, 0.05) is 6.42 Å². The third kappa shape index (κ3) is 3.38. The molecule has 0 spiro atoms. The van der Waals surface area contributed by atoms with Crippen LogP contribution in [0.15, 0.2) is 36.1 Å². The Labute approximate surface area is 93.2 Å². The van der Waals surface area contributed by atoms with Crippen molar-refractivity contribution < 1.29 is 19.0 Å². The first-order valence-corrected chi connectivity index (χ1v) is 4.92. The van der Waals surface area contributed by atoms with E-state index in [-0.39, 0.29) is 24.4 Å². The molecule has 0 bridgehead atoms. The second kappa shape index (κ2) is 5.90. The number of halogens is 1. The second-order valence-electron chi connectivity index (χ2n) is 3.18. The van der Waals surface area contributed by atoms with Crippen LogP contribution < -0.4 is 0 Å². The summed E-state index contributed by atoms with van der Waals surface area (Å²) in [4.78, 5) is 11.3. The van der Waals surface area contributed by atoms with Gasteiger partial charge < -0.3 is 9.84 Å². The second-order valence-corrected chi connectivity index (χ2v) is 3.18. The lowest BCUT2D eigenvalue weighted by molar-refractivity contribution is -0.138. The molecule has 1 rings (SSSR count). The quantitative estimate of drug-likeness (QED) is 0.485. The Balaban J connectivity index is 2.75. The van der Waals surface area contributed by atoms with Crippen molar-refractivity contribution in [2.45, 2.75) is 13.3 Å². The molecule has 0 unspecified atom stereocenters. The van der Waals surface area contributed by atoms with Gasteiger partial charge in [0.1, 0.15) is 5.82 Å². The van der Waals surface area contributed by atoms with Crippen molar-refractivity contribution in [3.63, 3.8) is 0 Å². The Morgan fingerprint density at radius 3 is 2.88 bits per heavy atom. The minimum atomic E-state index is -0.589. The zero-order valence-corrected chi connectivity index (χ0v) is 8.94. The number of aliphatic hydroxyl groups is 1. The Kier molecular flexibility index (Phi) is 4.51. The fourth-order valence-electron chi connectivity index (χ4n) is 1.26. The predicted octanol–water partition coefficient (Wildman–Crippen LogP) is 2.37. The van der Waals surface area contributed by atoms with Gasteiger partial charge >= 0.3 is 5.97 Å². The van der Waals surface area contributed by atoms with Gasteiger partial charge in [0.25, 0.3) is 0 Å². The van der Waals surface area contributed by atoms with Crippen molar-refractivity contribution >= 4 is 5.97 Å². The lowest BCUT2D eigenvalue weighted by atomic mass is 10.1. The van der Waals surface area contributed by atoms with Crippen molar-refractivity contribution in [2.24, 2.45) is 0 Å². The summed E-state index contributed by atoms with van der Waals surface area (Å²) in [5.74, 6) is -0.965. The number of hydrogen-bond donors (Lipinski definition) is 1. The molecule has 16 heavy (non-hydrogen) atoms. The highest BCUT2D eigenvalue weighted by molar-refractivity contribution is 5.88. The van der Waals surface area contributed by atoms with Gasteiger partial charge in [-0.2, -0.15) is 0 Å². The molecule has 0 saturated carbocycles. The van der Waals surface area contributed by atoms with Crippen LogP contribution in [-0.4, -0.2) is 17.7 Å². The molecule has 4 heteroatoms. The topological polar surface area (TPSA) is 46.5 Å². The molecule has 86 valence electrons. The Morgan fingerprint density at radius 2 is 2.31 bits per heavy atom. The van der Waals surface area contributed by atoms with E-state index in [9.17, 15) is 9.18 Å². The van der Waals surface area contributed by atoms with Crippen LogP contribution in [0.2, 0.25) is 0 Å². The SMILES string of the molecule is CCOC(=O)/C(=C/O)Cc1cccc(F)c1. The molecule has 0 aromatic heterocycles. The summed E-state index contributed by atoms with van der Waals surface area (Å²) in [6.07, 6.45) is 0.843. The largest absolute Gasteiger partial charge is 0.515 e. The summed E-state index contributed by atoms with van der Waals surface area (Å²) in [7, 11) is 0. The lowest BCUT2D eigenvalue weighted by Crippen LogP contribution is -2.10. The van der Waals surface area contributed by atoms with E-state index in [1.807, 2.05) is 0 Å². The maximum Gasteiger partial charge on any atom is 0.337 e. The van der Waals surface area contributed by atoms with Crippen molar-refractivity contribution in [3.05, 3.63) is 47.5 Å². The maximum atomic E-state index is 12.9. The summed E-state index contributed by atoms with van der Waals surface area (Å²) in [6.45, 7) is 1.91. The monoisotopic (exact) mass is 224 g/mol. The molecule has 0 atom stereocenters. The number of carbonyl (C=O) groups excluding carboxylic acids is 1. The number of benzene rings is 1. The van der Waals surface area contributed by atoms with E-state index in [1.54, 1.807) is 19.1 Å². The first kappa shape index (κ1) is 12.2. The number of esters is 1. The smallest absolute Gasteiger partial charge is 0.337 e. The first-order chi connectivity index (χ1) is 7.67. The Bertz CT molecular complexity index is 399. The van der Waals surface area contributed by atoms with Gasteiger partial charge in [-0.15, -0.1) is 0 Å². The van der Waals surface area contributed by atoms with Gasteiger partial charge in [-0.3, -0.25) is 0 Å². The number of carbonyl (C=O) groups is 1. The molecule has 0 aliphatic carbocycles. The van der Waals surface area contributed by atoms with Crippen molar-refractivity contribution in [1.82, 2.24) is 0 Å².